The maximum Gasteiger partial charge on any atom is 0.262 e. The zero-order chi connectivity index (χ0) is 15.7. The molecule has 3 rings (SSSR count). The molecule has 1 aliphatic heterocycles. The predicted molar refractivity (Wildman–Crippen MR) is 97.5 cm³/mol. The van der Waals surface area contributed by atoms with Crippen molar-refractivity contribution in [1.29, 1.82) is 0 Å². The lowest BCUT2D eigenvalue weighted by Crippen LogP contribution is -2.14. The molecule has 0 bridgehead atoms. The van der Waals surface area contributed by atoms with E-state index in [0.29, 0.717) is 0 Å². The SMILES string of the molecule is CCc1ccc(NC(=O)C2=Cc3sc(C)c(C)c3CS2)cc1. The van der Waals surface area contributed by atoms with Crippen molar-refractivity contribution in [3.8, 4) is 0 Å². The van der Waals surface area contributed by atoms with E-state index < -0.39 is 0 Å². The molecule has 0 aliphatic carbocycles. The first-order chi connectivity index (χ1) is 10.6. The van der Waals surface area contributed by atoms with Gasteiger partial charge in [0.15, 0.2) is 0 Å². The van der Waals surface area contributed by atoms with Crippen LogP contribution in [0.1, 0.15) is 33.4 Å². The van der Waals surface area contributed by atoms with E-state index in [1.165, 1.54) is 26.4 Å². The Morgan fingerprint density at radius 3 is 2.64 bits per heavy atom. The van der Waals surface area contributed by atoms with Crippen LogP contribution in [0.3, 0.4) is 0 Å². The highest BCUT2D eigenvalue weighted by Gasteiger charge is 2.21. The minimum absolute atomic E-state index is 0.0106. The summed E-state index contributed by atoms with van der Waals surface area (Å²) >= 11 is 3.40. The van der Waals surface area contributed by atoms with E-state index in [1.807, 2.05) is 18.2 Å². The fraction of sp³-hybridized carbons (Fsp3) is 0.278. The summed E-state index contributed by atoms with van der Waals surface area (Å²) in [5.74, 6) is 0.878. The third-order valence-corrected chi connectivity index (χ3v) is 6.26. The third kappa shape index (κ3) is 2.99. The Morgan fingerprint density at radius 2 is 1.95 bits per heavy atom. The van der Waals surface area contributed by atoms with E-state index in [9.17, 15) is 4.79 Å². The van der Waals surface area contributed by atoms with Crippen LogP contribution in [-0.4, -0.2) is 5.91 Å². The van der Waals surface area contributed by atoms with Gasteiger partial charge >= 0.3 is 0 Å². The molecule has 4 heteroatoms. The predicted octanol–water partition coefficient (Wildman–Crippen LogP) is 5.15. The Kier molecular flexibility index (Phi) is 4.41. The van der Waals surface area contributed by atoms with Crippen LogP contribution in [-0.2, 0) is 17.0 Å². The van der Waals surface area contributed by atoms with E-state index in [2.05, 4.69) is 38.2 Å². The Hall–Kier alpha value is -1.52. The highest BCUT2D eigenvalue weighted by Crippen LogP contribution is 2.39. The molecule has 22 heavy (non-hydrogen) atoms. The highest BCUT2D eigenvalue weighted by molar-refractivity contribution is 8.03. The van der Waals surface area contributed by atoms with Crippen molar-refractivity contribution in [2.45, 2.75) is 32.9 Å². The molecule has 2 nitrogen and oxygen atoms in total. The van der Waals surface area contributed by atoms with Crippen molar-refractivity contribution in [2.75, 3.05) is 5.32 Å². The number of amides is 1. The molecule has 0 saturated carbocycles. The second kappa shape index (κ2) is 6.31. The topological polar surface area (TPSA) is 29.1 Å². The van der Waals surface area contributed by atoms with E-state index in [-0.39, 0.29) is 5.91 Å². The average Bonchev–Trinajstić information content (AvgIpc) is 2.82. The number of aryl methyl sites for hydroxylation is 2. The number of hydrogen-bond donors (Lipinski definition) is 1. The zero-order valence-electron chi connectivity index (χ0n) is 13.0. The summed E-state index contributed by atoms with van der Waals surface area (Å²) in [6.07, 6.45) is 3.04. The summed E-state index contributed by atoms with van der Waals surface area (Å²) in [5.41, 5.74) is 4.89. The van der Waals surface area contributed by atoms with Gasteiger partial charge in [-0.2, -0.15) is 0 Å². The number of anilines is 1. The van der Waals surface area contributed by atoms with Gasteiger partial charge in [-0.25, -0.2) is 0 Å². The summed E-state index contributed by atoms with van der Waals surface area (Å²) < 4.78 is 0. The second-order valence-electron chi connectivity index (χ2n) is 5.43. The van der Waals surface area contributed by atoms with Crippen molar-refractivity contribution >= 4 is 40.8 Å². The van der Waals surface area contributed by atoms with Crippen molar-refractivity contribution in [1.82, 2.24) is 0 Å². The van der Waals surface area contributed by atoms with E-state index in [0.717, 1.165) is 22.8 Å². The molecule has 0 atom stereocenters. The second-order valence-corrected chi connectivity index (χ2v) is 7.70. The van der Waals surface area contributed by atoms with E-state index in [1.54, 1.807) is 23.1 Å². The van der Waals surface area contributed by atoms with Gasteiger partial charge in [-0.15, -0.1) is 23.1 Å². The lowest BCUT2D eigenvalue weighted by atomic mass is 10.1. The zero-order valence-corrected chi connectivity index (χ0v) is 14.7. The molecule has 0 saturated heterocycles. The van der Waals surface area contributed by atoms with Gasteiger partial charge in [-0.1, -0.05) is 19.1 Å². The van der Waals surface area contributed by atoms with Crippen LogP contribution >= 0.6 is 23.1 Å². The standard InChI is InChI=1S/C18H19NOS2/c1-4-13-5-7-14(8-6-13)19-18(20)17-9-16-15(10-21-17)11(2)12(3)22-16/h5-9H,4,10H2,1-3H3,(H,19,20). The largest absolute Gasteiger partial charge is 0.322 e. The summed E-state index contributed by atoms with van der Waals surface area (Å²) in [5, 5.41) is 2.99. The summed E-state index contributed by atoms with van der Waals surface area (Å²) in [4.78, 5) is 15.8. The lowest BCUT2D eigenvalue weighted by molar-refractivity contribution is -0.112. The Morgan fingerprint density at radius 1 is 1.23 bits per heavy atom. The fourth-order valence-corrected chi connectivity index (χ4v) is 4.81. The lowest BCUT2D eigenvalue weighted by Gasteiger charge is -2.14. The number of thioether (sulfide) groups is 1. The molecule has 0 radical (unpaired) electrons. The van der Waals surface area contributed by atoms with Crippen molar-refractivity contribution in [3.63, 3.8) is 0 Å². The van der Waals surface area contributed by atoms with Gasteiger partial charge in [0.25, 0.3) is 5.91 Å². The maximum atomic E-state index is 12.4. The smallest absolute Gasteiger partial charge is 0.262 e. The molecule has 0 spiro atoms. The van der Waals surface area contributed by atoms with Crippen LogP contribution in [0.2, 0.25) is 0 Å². The van der Waals surface area contributed by atoms with Gasteiger partial charge in [0.05, 0.1) is 4.91 Å². The maximum absolute atomic E-state index is 12.4. The van der Waals surface area contributed by atoms with Crippen LogP contribution < -0.4 is 5.32 Å². The van der Waals surface area contributed by atoms with Gasteiger partial charge in [0.2, 0.25) is 0 Å². The molecule has 1 amide bonds. The third-order valence-electron chi connectivity index (χ3n) is 4.02. The van der Waals surface area contributed by atoms with Gasteiger partial charge < -0.3 is 5.32 Å². The van der Waals surface area contributed by atoms with Crippen molar-refractivity contribution in [3.05, 3.63) is 55.6 Å². The van der Waals surface area contributed by atoms with Gasteiger partial charge in [-0.05, 0) is 55.2 Å². The van der Waals surface area contributed by atoms with Gasteiger partial charge in [-0.3, -0.25) is 4.79 Å². The Labute approximate surface area is 139 Å². The molecule has 2 aromatic rings. The van der Waals surface area contributed by atoms with E-state index >= 15 is 0 Å². The van der Waals surface area contributed by atoms with Crippen LogP contribution in [0.25, 0.3) is 6.08 Å². The highest BCUT2D eigenvalue weighted by atomic mass is 32.2. The van der Waals surface area contributed by atoms with Crippen molar-refractivity contribution < 1.29 is 4.79 Å². The fourth-order valence-electron chi connectivity index (χ4n) is 2.45. The molecular weight excluding hydrogens is 310 g/mol. The number of hydrogen-bond acceptors (Lipinski definition) is 3. The van der Waals surface area contributed by atoms with Gasteiger partial charge in [0, 0.05) is 21.2 Å². The summed E-state index contributed by atoms with van der Waals surface area (Å²) in [6, 6.07) is 8.05. The summed E-state index contributed by atoms with van der Waals surface area (Å²) in [6.45, 7) is 6.44. The molecule has 0 fully saturated rings. The Balaban J connectivity index is 1.77. The molecule has 0 unspecified atom stereocenters. The van der Waals surface area contributed by atoms with Crippen LogP contribution in [0, 0.1) is 13.8 Å². The normalized spacial score (nSPS) is 13.5. The first kappa shape index (κ1) is 15.4. The number of carbonyl (C=O) groups excluding carboxylic acids is 1. The minimum atomic E-state index is -0.0106. The molecule has 1 aromatic carbocycles. The van der Waals surface area contributed by atoms with E-state index in [4.69, 9.17) is 0 Å². The summed E-state index contributed by atoms with van der Waals surface area (Å²) in [7, 11) is 0. The Bertz CT molecular complexity index is 741. The number of rotatable bonds is 3. The first-order valence-corrected chi connectivity index (χ1v) is 9.22. The quantitative estimate of drug-likeness (QED) is 0.843. The average molecular weight is 329 g/mol. The number of benzene rings is 1. The van der Waals surface area contributed by atoms with Gasteiger partial charge in [0.1, 0.15) is 0 Å². The molecule has 114 valence electrons. The molecule has 1 N–H and O–H groups in total. The minimum Gasteiger partial charge on any atom is -0.322 e. The molecular formula is C18H19NOS2. The van der Waals surface area contributed by atoms with Crippen LogP contribution in [0.15, 0.2) is 29.2 Å². The number of fused-ring (bicyclic) bond motifs is 1. The first-order valence-electron chi connectivity index (χ1n) is 7.42. The molecule has 1 aliphatic rings. The molecule has 2 heterocycles. The molecule has 1 aromatic heterocycles. The van der Waals surface area contributed by atoms with Crippen molar-refractivity contribution in [2.24, 2.45) is 0 Å². The van der Waals surface area contributed by atoms with Crippen LogP contribution in [0.5, 0.6) is 0 Å². The number of nitrogens with one attached hydrogen (secondary N) is 1. The van der Waals surface area contributed by atoms with Crippen LogP contribution in [0.4, 0.5) is 5.69 Å². The number of carbonyl (C=O) groups is 1. The monoisotopic (exact) mass is 329 g/mol. The number of thiophene rings is 1.